The van der Waals surface area contributed by atoms with Gasteiger partial charge in [-0.05, 0) is 17.3 Å². The average Bonchev–Trinajstić information content (AvgIpc) is 2.61. The molecule has 0 aromatic heterocycles. The molecule has 4 nitrogen and oxygen atoms in total. The molecule has 0 aromatic rings. The van der Waals surface area contributed by atoms with Gasteiger partial charge in [0.25, 0.3) is 0 Å². The molecule has 2 unspecified atom stereocenters. The standard InChI is InChI=1S/C9H17OS.CHF3O3S/c1-3-9(10)7-11-5-4-8(2)6-11;2-1(3,4)8(5,6)7/h8H,3-7H2,1-2H3;(H,5,6,7)/q+1;/p-1. The first-order chi connectivity index (χ1) is 8.47. The average molecular weight is 322 g/mol. The highest BCUT2D eigenvalue weighted by Gasteiger charge is 2.37. The quantitative estimate of drug-likeness (QED) is 0.450. The number of hydrogen-bond donors (Lipinski definition) is 0. The Morgan fingerprint density at radius 1 is 1.42 bits per heavy atom. The summed E-state index contributed by atoms with van der Waals surface area (Å²) in [5, 5.41) is 0. The molecule has 114 valence electrons. The Balaban J connectivity index is 0.000000362. The van der Waals surface area contributed by atoms with Crippen molar-refractivity contribution in [1.82, 2.24) is 0 Å². The summed E-state index contributed by atoms with van der Waals surface area (Å²) in [7, 11) is -5.63. The van der Waals surface area contributed by atoms with Crippen LogP contribution in [0, 0.1) is 5.92 Å². The highest BCUT2D eigenvalue weighted by Crippen LogP contribution is 2.20. The van der Waals surface area contributed by atoms with E-state index in [-0.39, 0.29) is 0 Å². The molecular weight excluding hydrogens is 305 g/mol. The Morgan fingerprint density at radius 2 is 1.89 bits per heavy atom. The van der Waals surface area contributed by atoms with Crippen molar-refractivity contribution in [3.63, 3.8) is 0 Å². The van der Waals surface area contributed by atoms with Gasteiger partial charge >= 0.3 is 5.51 Å². The minimum absolute atomic E-state index is 0.461. The van der Waals surface area contributed by atoms with Crippen molar-refractivity contribution in [2.24, 2.45) is 5.92 Å². The summed E-state index contributed by atoms with van der Waals surface area (Å²) in [5.74, 6) is 4.84. The Kier molecular flexibility index (Phi) is 7.38. The lowest BCUT2D eigenvalue weighted by molar-refractivity contribution is -0.116. The third kappa shape index (κ3) is 7.78. The van der Waals surface area contributed by atoms with Crippen molar-refractivity contribution < 1.29 is 30.9 Å². The maximum Gasteiger partial charge on any atom is 0.485 e. The first-order valence-corrected chi connectivity index (χ1v) is 8.79. The number of halogens is 3. The van der Waals surface area contributed by atoms with Gasteiger partial charge in [0.05, 0.1) is 0 Å². The number of hydrogen-bond acceptors (Lipinski definition) is 4. The molecule has 19 heavy (non-hydrogen) atoms. The fourth-order valence-electron chi connectivity index (χ4n) is 1.40. The van der Waals surface area contributed by atoms with Crippen molar-refractivity contribution in [2.75, 3.05) is 17.3 Å². The molecule has 1 aliphatic rings. The van der Waals surface area contributed by atoms with Crippen LogP contribution < -0.4 is 0 Å². The molecule has 1 fully saturated rings. The SMILES string of the molecule is CCC(=O)C[S+]1CCC(C)C1.O=S(=O)([O-])C(F)(F)F. The zero-order valence-electron chi connectivity index (χ0n) is 10.7. The maximum atomic E-state index is 11.1. The van der Waals surface area contributed by atoms with E-state index in [1.807, 2.05) is 6.92 Å². The lowest BCUT2D eigenvalue weighted by Gasteiger charge is -2.08. The van der Waals surface area contributed by atoms with Crippen molar-refractivity contribution in [2.45, 2.75) is 32.2 Å². The van der Waals surface area contributed by atoms with Crippen LogP contribution >= 0.6 is 0 Å². The molecule has 0 N–H and O–H groups in total. The summed E-state index contributed by atoms with van der Waals surface area (Å²) in [6, 6.07) is 0. The second kappa shape index (κ2) is 7.49. The zero-order chi connectivity index (χ0) is 15.3. The Morgan fingerprint density at radius 3 is 2.16 bits per heavy atom. The van der Waals surface area contributed by atoms with Crippen LogP contribution in [0.5, 0.6) is 0 Å². The molecule has 0 aliphatic carbocycles. The number of ketones is 1. The second-order valence-corrected chi connectivity index (χ2v) is 7.94. The summed E-state index contributed by atoms with van der Waals surface area (Å²) < 4.78 is 58.9. The van der Waals surface area contributed by atoms with E-state index in [0.29, 0.717) is 16.7 Å². The van der Waals surface area contributed by atoms with Crippen molar-refractivity contribution in [1.29, 1.82) is 0 Å². The molecule has 1 saturated heterocycles. The minimum atomic E-state index is -6.09. The molecule has 2 atom stereocenters. The Labute approximate surface area is 113 Å². The van der Waals surface area contributed by atoms with E-state index in [1.54, 1.807) is 0 Å². The van der Waals surface area contributed by atoms with Gasteiger partial charge in [0.2, 0.25) is 0 Å². The van der Waals surface area contributed by atoms with Gasteiger partial charge in [0.1, 0.15) is 11.5 Å². The van der Waals surface area contributed by atoms with Crippen molar-refractivity contribution in [3.05, 3.63) is 0 Å². The number of alkyl halides is 3. The van der Waals surface area contributed by atoms with Gasteiger partial charge in [-0.1, -0.05) is 13.8 Å². The monoisotopic (exact) mass is 322 g/mol. The molecule has 0 radical (unpaired) electrons. The molecule has 1 rings (SSSR count). The predicted molar refractivity (Wildman–Crippen MR) is 66.8 cm³/mol. The first-order valence-electron chi connectivity index (χ1n) is 5.65. The van der Waals surface area contributed by atoms with E-state index in [4.69, 9.17) is 13.0 Å². The summed E-state index contributed by atoms with van der Waals surface area (Å²) >= 11 is 0. The highest BCUT2D eigenvalue weighted by atomic mass is 32.2. The summed E-state index contributed by atoms with van der Waals surface area (Å²) in [4.78, 5) is 11.1. The van der Waals surface area contributed by atoms with Gasteiger partial charge < -0.3 is 4.55 Å². The van der Waals surface area contributed by atoms with Crippen LogP contribution in [-0.4, -0.2) is 41.5 Å². The number of carbonyl (C=O) groups is 1. The van der Waals surface area contributed by atoms with E-state index >= 15 is 0 Å². The molecule has 9 heteroatoms. The Bertz CT molecular complexity index is 392. The van der Waals surface area contributed by atoms with Crippen LogP contribution in [0.2, 0.25) is 0 Å². The third-order valence-corrected chi connectivity index (χ3v) is 5.61. The summed E-state index contributed by atoms with van der Waals surface area (Å²) in [6.45, 7) is 4.26. The van der Waals surface area contributed by atoms with E-state index in [2.05, 4.69) is 6.92 Å². The van der Waals surface area contributed by atoms with Gasteiger partial charge in [-0.2, -0.15) is 13.2 Å². The van der Waals surface area contributed by atoms with E-state index < -0.39 is 15.6 Å². The minimum Gasteiger partial charge on any atom is -0.741 e. The molecule has 0 spiro atoms. The van der Waals surface area contributed by atoms with Crippen LogP contribution in [0.4, 0.5) is 13.2 Å². The van der Waals surface area contributed by atoms with Gasteiger partial charge in [-0.15, -0.1) is 0 Å². The largest absolute Gasteiger partial charge is 0.741 e. The van der Waals surface area contributed by atoms with Crippen LogP contribution in [0.3, 0.4) is 0 Å². The maximum absolute atomic E-state index is 11.1. The van der Waals surface area contributed by atoms with Crippen LogP contribution in [-0.2, 0) is 25.8 Å². The van der Waals surface area contributed by atoms with E-state index in [0.717, 1.165) is 18.1 Å². The third-order valence-electron chi connectivity index (χ3n) is 2.46. The first kappa shape index (κ1) is 18.7. The smallest absolute Gasteiger partial charge is 0.485 e. The second-order valence-electron chi connectivity index (χ2n) is 4.31. The fourth-order valence-corrected chi connectivity index (χ4v) is 4.19. The highest BCUT2D eigenvalue weighted by molar-refractivity contribution is 7.97. The molecule has 0 amide bonds. The van der Waals surface area contributed by atoms with E-state index in [1.165, 1.54) is 17.9 Å². The van der Waals surface area contributed by atoms with Crippen LogP contribution in [0.15, 0.2) is 0 Å². The molecule has 0 saturated carbocycles. The fraction of sp³-hybridized carbons (Fsp3) is 0.900. The molecule has 0 bridgehead atoms. The van der Waals surface area contributed by atoms with Gasteiger partial charge in [-0.25, -0.2) is 8.42 Å². The zero-order valence-corrected chi connectivity index (χ0v) is 12.3. The summed E-state index contributed by atoms with van der Waals surface area (Å²) in [6.07, 6.45) is 2.08. The number of Topliss-reactive ketones (excluding diaryl/α,β-unsaturated/α-hetero) is 1. The molecule has 1 heterocycles. The van der Waals surface area contributed by atoms with Gasteiger partial charge in [0, 0.05) is 12.3 Å². The Hall–Kier alpha value is -0.280. The van der Waals surface area contributed by atoms with Crippen LogP contribution in [0.25, 0.3) is 0 Å². The lowest BCUT2D eigenvalue weighted by atomic mass is 10.2. The normalized spacial score (nSPS) is 23.7. The van der Waals surface area contributed by atoms with Crippen molar-refractivity contribution >= 4 is 26.8 Å². The predicted octanol–water partition coefficient (Wildman–Crippen LogP) is 1.68. The lowest BCUT2D eigenvalue weighted by Crippen LogP contribution is -2.21. The van der Waals surface area contributed by atoms with Crippen LogP contribution in [0.1, 0.15) is 26.7 Å². The van der Waals surface area contributed by atoms with Gasteiger partial charge in [0.15, 0.2) is 21.7 Å². The van der Waals surface area contributed by atoms with E-state index in [9.17, 15) is 18.0 Å². The molecule has 0 aromatic carbocycles. The topological polar surface area (TPSA) is 74.3 Å². The van der Waals surface area contributed by atoms with Gasteiger partial charge in [-0.3, -0.25) is 4.79 Å². The molecular formula is C10H17F3O4S2. The molecule has 1 aliphatic heterocycles. The van der Waals surface area contributed by atoms with Crippen molar-refractivity contribution in [3.8, 4) is 0 Å². The summed E-state index contributed by atoms with van der Waals surface area (Å²) in [5.41, 5.74) is -5.65. The number of carbonyl (C=O) groups excluding carboxylic acids is 1. The number of rotatable bonds is 3.